The Hall–Kier alpha value is -1.58. The molecule has 2 atom stereocenters. The predicted octanol–water partition coefficient (Wildman–Crippen LogP) is -1.11. The van der Waals surface area contributed by atoms with Gasteiger partial charge in [0, 0.05) is 0 Å². The van der Waals surface area contributed by atoms with Crippen LogP contribution in [0.1, 0.15) is 25.7 Å². The summed E-state index contributed by atoms with van der Waals surface area (Å²) >= 11 is 0. The molecule has 0 aromatic rings. The van der Waals surface area contributed by atoms with Gasteiger partial charge in [-0.2, -0.15) is 0 Å². The predicted molar refractivity (Wildman–Crippen MR) is 75.4 cm³/mol. The van der Waals surface area contributed by atoms with Crippen molar-refractivity contribution in [3.8, 4) is 11.8 Å². The molecule has 0 spiro atoms. The van der Waals surface area contributed by atoms with Gasteiger partial charge in [0.1, 0.15) is 0 Å². The lowest BCUT2D eigenvalue weighted by molar-refractivity contribution is -0.122. The van der Waals surface area contributed by atoms with E-state index in [2.05, 4.69) is 11.8 Å². The van der Waals surface area contributed by atoms with Crippen LogP contribution in [0.4, 0.5) is 0 Å². The van der Waals surface area contributed by atoms with Gasteiger partial charge in [0.2, 0.25) is 11.8 Å². The summed E-state index contributed by atoms with van der Waals surface area (Å²) in [7, 11) is 0. The standard InChI is InChI=1S/C14H22N4O2/c15-13(19)11-5-3-9-17(11)7-1-2-8-18-10-4-6-12(18)14(16)20/h11-12H,3-10H2,(H2,15,19)(H2,16,20)/t11-,12-/m1/s1. The number of carbonyl (C=O) groups is 2. The zero-order valence-electron chi connectivity index (χ0n) is 11.7. The van der Waals surface area contributed by atoms with E-state index in [-0.39, 0.29) is 23.9 Å². The fourth-order valence-corrected chi connectivity index (χ4v) is 2.99. The van der Waals surface area contributed by atoms with Gasteiger partial charge in [0.15, 0.2) is 0 Å². The number of hydrogen-bond donors (Lipinski definition) is 2. The van der Waals surface area contributed by atoms with Gasteiger partial charge in [-0.3, -0.25) is 19.4 Å². The summed E-state index contributed by atoms with van der Waals surface area (Å²) < 4.78 is 0. The Bertz CT molecular complexity index is 402. The first kappa shape index (κ1) is 14.8. The van der Waals surface area contributed by atoms with Crippen molar-refractivity contribution in [1.29, 1.82) is 0 Å². The van der Waals surface area contributed by atoms with Crippen molar-refractivity contribution in [2.75, 3.05) is 26.2 Å². The summed E-state index contributed by atoms with van der Waals surface area (Å²) in [5.74, 6) is 5.61. The van der Waals surface area contributed by atoms with Crippen molar-refractivity contribution in [2.24, 2.45) is 11.5 Å². The van der Waals surface area contributed by atoms with Crippen LogP contribution >= 0.6 is 0 Å². The second-order valence-corrected chi connectivity index (χ2v) is 5.42. The van der Waals surface area contributed by atoms with E-state index < -0.39 is 0 Å². The van der Waals surface area contributed by atoms with Crippen molar-refractivity contribution in [1.82, 2.24) is 9.80 Å². The van der Waals surface area contributed by atoms with E-state index in [0.717, 1.165) is 38.8 Å². The van der Waals surface area contributed by atoms with E-state index in [4.69, 9.17) is 11.5 Å². The SMILES string of the molecule is NC(=O)[C@H]1CCCN1CC#CCN1CCC[C@@H]1C(N)=O. The van der Waals surface area contributed by atoms with Crippen LogP contribution < -0.4 is 11.5 Å². The monoisotopic (exact) mass is 278 g/mol. The molecule has 0 aromatic heterocycles. The van der Waals surface area contributed by atoms with Crippen molar-refractivity contribution < 1.29 is 9.59 Å². The van der Waals surface area contributed by atoms with Crippen molar-refractivity contribution in [3.63, 3.8) is 0 Å². The number of nitrogens with zero attached hydrogens (tertiary/aromatic N) is 2. The number of likely N-dealkylation sites (tertiary alicyclic amines) is 2. The van der Waals surface area contributed by atoms with Crippen LogP contribution in [-0.2, 0) is 9.59 Å². The Balaban J connectivity index is 1.80. The number of primary amides is 2. The third-order valence-electron chi connectivity index (χ3n) is 4.07. The number of amides is 2. The first-order valence-electron chi connectivity index (χ1n) is 7.12. The molecule has 2 amide bonds. The summed E-state index contributed by atoms with van der Waals surface area (Å²) in [4.78, 5) is 26.5. The lowest BCUT2D eigenvalue weighted by atomic mass is 10.2. The minimum absolute atomic E-state index is 0.172. The number of nitrogens with two attached hydrogens (primary N) is 2. The van der Waals surface area contributed by atoms with E-state index >= 15 is 0 Å². The quantitative estimate of drug-likeness (QED) is 0.638. The lowest BCUT2D eigenvalue weighted by Gasteiger charge is -2.19. The number of carbonyl (C=O) groups excluding carboxylic acids is 2. The Kier molecular flexibility index (Phi) is 4.99. The van der Waals surface area contributed by atoms with Gasteiger partial charge in [-0.25, -0.2) is 0 Å². The molecule has 20 heavy (non-hydrogen) atoms. The van der Waals surface area contributed by atoms with Crippen LogP contribution in [0.15, 0.2) is 0 Å². The maximum atomic E-state index is 11.2. The highest BCUT2D eigenvalue weighted by atomic mass is 16.2. The number of hydrogen-bond acceptors (Lipinski definition) is 4. The molecular weight excluding hydrogens is 256 g/mol. The highest BCUT2D eigenvalue weighted by Gasteiger charge is 2.29. The fraction of sp³-hybridized carbons (Fsp3) is 0.714. The molecule has 0 bridgehead atoms. The molecule has 2 heterocycles. The third-order valence-corrected chi connectivity index (χ3v) is 4.07. The van der Waals surface area contributed by atoms with Crippen molar-refractivity contribution in [3.05, 3.63) is 0 Å². The van der Waals surface area contributed by atoms with Gasteiger partial charge in [-0.15, -0.1) is 0 Å². The van der Waals surface area contributed by atoms with E-state index in [0.29, 0.717) is 13.1 Å². The fourth-order valence-electron chi connectivity index (χ4n) is 2.99. The van der Waals surface area contributed by atoms with E-state index in [9.17, 15) is 9.59 Å². The molecule has 2 saturated heterocycles. The van der Waals surface area contributed by atoms with Gasteiger partial charge < -0.3 is 11.5 Å². The van der Waals surface area contributed by atoms with Gasteiger partial charge >= 0.3 is 0 Å². The third kappa shape index (κ3) is 3.50. The highest BCUT2D eigenvalue weighted by molar-refractivity contribution is 5.80. The maximum Gasteiger partial charge on any atom is 0.234 e. The minimum atomic E-state index is -0.266. The molecule has 0 saturated carbocycles. The minimum Gasteiger partial charge on any atom is -0.368 e. The average molecular weight is 278 g/mol. The molecule has 6 heteroatoms. The van der Waals surface area contributed by atoms with Crippen LogP contribution in [0.2, 0.25) is 0 Å². The van der Waals surface area contributed by atoms with Crippen LogP contribution in [0.25, 0.3) is 0 Å². The smallest absolute Gasteiger partial charge is 0.234 e. The Morgan fingerprint density at radius 1 is 0.900 bits per heavy atom. The second-order valence-electron chi connectivity index (χ2n) is 5.42. The van der Waals surface area contributed by atoms with Crippen LogP contribution in [0, 0.1) is 11.8 Å². The summed E-state index contributed by atoms with van der Waals surface area (Å²) in [5.41, 5.74) is 10.7. The molecule has 4 N–H and O–H groups in total. The molecule has 110 valence electrons. The van der Waals surface area contributed by atoms with E-state index in [1.54, 1.807) is 0 Å². The van der Waals surface area contributed by atoms with Crippen molar-refractivity contribution in [2.45, 2.75) is 37.8 Å². The van der Waals surface area contributed by atoms with Crippen LogP contribution in [0.3, 0.4) is 0 Å². The first-order valence-corrected chi connectivity index (χ1v) is 7.12. The van der Waals surface area contributed by atoms with E-state index in [1.165, 1.54) is 0 Å². The highest BCUT2D eigenvalue weighted by Crippen LogP contribution is 2.16. The van der Waals surface area contributed by atoms with Gasteiger partial charge in [0.05, 0.1) is 25.2 Å². The van der Waals surface area contributed by atoms with E-state index in [1.807, 2.05) is 9.80 Å². The normalized spacial score (nSPS) is 27.2. The summed E-state index contributed by atoms with van der Waals surface area (Å²) in [5, 5.41) is 0. The first-order chi connectivity index (χ1) is 9.59. The topological polar surface area (TPSA) is 92.7 Å². The van der Waals surface area contributed by atoms with Crippen LogP contribution in [-0.4, -0.2) is 59.9 Å². The number of rotatable bonds is 4. The van der Waals surface area contributed by atoms with Crippen molar-refractivity contribution >= 4 is 11.8 Å². The largest absolute Gasteiger partial charge is 0.368 e. The summed E-state index contributed by atoms with van der Waals surface area (Å²) in [6.45, 7) is 2.86. The molecule has 0 radical (unpaired) electrons. The molecule has 2 rings (SSSR count). The average Bonchev–Trinajstić information content (AvgIpc) is 3.03. The lowest BCUT2D eigenvalue weighted by Crippen LogP contribution is -2.41. The van der Waals surface area contributed by atoms with Gasteiger partial charge in [-0.1, -0.05) is 11.8 Å². The van der Waals surface area contributed by atoms with Gasteiger partial charge in [-0.05, 0) is 38.8 Å². The molecule has 0 aliphatic carbocycles. The summed E-state index contributed by atoms with van der Waals surface area (Å²) in [6.07, 6.45) is 3.64. The molecule has 2 aliphatic rings. The zero-order valence-corrected chi connectivity index (χ0v) is 11.7. The maximum absolute atomic E-state index is 11.2. The Morgan fingerprint density at radius 3 is 1.65 bits per heavy atom. The molecule has 6 nitrogen and oxygen atoms in total. The Labute approximate surface area is 119 Å². The summed E-state index contributed by atoms with van der Waals surface area (Å²) in [6, 6.07) is -0.344. The molecule has 2 aliphatic heterocycles. The van der Waals surface area contributed by atoms with Crippen LogP contribution in [0.5, 0.6) is 0 Å². The molecular formula is C14H22N4O2. The molecule has 2 fully saturated rings. The molecule has 0 aromatic carbocycles. The second kappa shape index (κ2) is 6.73. The zero-order chi connectivity index (χ0) is 14.5. The Morgan fingerprint density at radius 2 is 1.30 bits per heavy atom. The van der Waals surface area contributed by atoms with Gasteiger partial charge in [0.25, 0.3) is 0 Å². The molecule has 0 unspecified atom stereocenters.